The van der Waals surface area contributed by atoms with E-state index in [1.807, 2.05) is 12.2 Å². The lowest BCUT2D eigenvalue weighted by atomic mass is 9.78. The van der Waals surface area contributed by atoms with Gasteiger partial charge in [-0.05, 0) is 89.3 Å². The molecule has 2 aromatic rings. The largest absolute Gasteiger partial charge is 0.382 e. The lowest BCUT2D eigenvalue weighted by Crippen LogP contribution is -2.30. The Kier molecular flexibility index (Phi) is 19.5. The van der Waals surface area contributed by atoms with Gasteiger partial charge in [0, 0.05) is 81.3 Å². The van der Waals surface area contributed by atoms with Crippen molar-refractivity contribution in [2.45, 2.75) is 88.4 Å². The Bertz CT molecular complexity index is 2030. The van der Waals surface area contributed by atoms with Crippen LogP contribution in [0.3, 0.4) is 0 Å². The summed E-state index contributed by atoms with van der Waals surface area (Å²) in [6, 6.07) is 11.4. The van der Waals surface area contributed by atoms with Gasteiger partial charge in [-0.1, -0.05) is 36.3 Å². The first-order valence-corrected chi connectivity index (χ1v) is 22.6. The van der Waals surface area contributed by atoms with Gasteiger partial charge >= 0.3 is 0 Å². The van der Waals surface area contributed by atoms with Gasteiger partial charge in [-0.2, -0.15) is 13.0 Å². The highest BCUT2D eigenvalue weighted by atomic mass is 32.2. The number of nitrogens with one attached hydrogen (secondary N) is 1. The highest BCUT2D eigenvalue weighted by molar-refractivity contribution is 7.85. The summed E-state index contributed by atoms with van der Waals surface area (Å²) in [5.41, 5.74) is 6.50. The van der Waals surface area contributed by atoms with Crippen molar-refractivity contribution < 1.29 is 50.9 Å². The Morgan fingerprint density at radius 3 is 2.31 bits per heavy atom. The number of carbonyl (C=O) groups excluding carboxylic acids is 2. The van der Waals surface area contributed by atoms with E-state index in [9.17, 15) is 22.6 Å². The number of nitrogens with two attached hydrogens (primary N) is 1. The number of carbonyl (C=O) groups is 2. The van der Waals surface area contributed by atoms with Crippen LogP contribution >= 0.6 is 0 Å². The molecule has 15 heteroatoms. The van der Waals surface area contributed by atoms with Crippen molar-refractivity contribution in [1.29, 1.82) is 0 Å². The predicted molar refractivity (Wildman–Crippen MR) is 237 cm³/mol. The second-order valence-corrected chi connectivity index (χ2v) is 17.6. The number of hydrogen-bond acceptors (Lipinski definition) is 11. The molecule has 0 saturated heterocycles. The highest BCUT2D eigenvalue weighted by Gasteiger charge is 2.45. The van der Waals surface area contributed by atoms with E-state index in [2.05, 4.69) is 83.8 Å². The molecular weight excluding hydrogens is 801 g/mol. The third-order valence-corrected chi connectivity index (χ3v) is 12.2. The highest BCUT2D eigenvalue weighted by Crippen LogP contribution is 2.51. The molecule has 1 unspecified atom stereocenters. The van der Waals surface area contributed by atoms with E-state index in [0.29, 0.717) is 85.0 Å². The van der Waals surface area contributed by atoms with Gasteiger partial charge in [-0.3, -0.25) is 19.0 Å². The summed E-state index contributed by atoms with van der Waals surface area (Å²) < 4.78 is 59.3. The molecule has 14 nitrogen and oxygen atoms in total. The molecule has 4 rings (SSSR count). The van der Waals surface area contributed by atoms with Crippen LogP contribution in [0.1, 0.15) is 82.4 Å². The molecule has 1 atom stereocenters. The topological polar surface area (TPSA) is 179 Å². The molecule has 0 fully saturated rings. The summed E-state index contributed by atoms with van der Waals surface area (Å²) in [5, 5.41) is 2.87. The van der Waals surface area contributed by atoms with Gasteiger partial charge in [-0.15, -0.1) is 0 Å². The fourth-order valence-corrected chi connectivity index (χ4v) is 8.51. The second-order valence-electron chi connectivity index (χ2n) is 16.2. The van der Waals surface area contributed by atoms with Crippen LogP contribution in [-0.4, -0.2) is 115 Å². The van der Waals surface area contributed by atoms with Crippen LogP contribution in [0, 0.1) is 6.92 Å². The van der Waals surface area contributed by atoms with Gasteiger partial charge < -0.3 is 29.2 Å². The van der Waals surface area contributed by atoms with Crippen molar-refractivity contribution in [1.82, 2.24) is 5.32 Å². The van der Waals surface area contributed by atoms with Crippen molar-refractivity contribution in [3.05, 3.63) is 89.2 Å². The first-order chi connectivity index (χ1) is 29.2. The number of anilines is 1. The number of hydrogen-bond donors (Lipinski definition) is 3. The standard InChI is InChI=1S/C46H66N4O10S/c1-35-18-20-40-38(32-35)45(2,3)42(50(40)25-27-59-31-29-57-6)15-9-7-10-16-43-46(4,22-26-58-30-28-56-5)39-33-37(61(53,54)55)19-21-41(39)49(43)24-12-8-11-17-44(52)48-23-13-14-36(51)34-60-47/h7,9-10,15-16,18-21,32-33H,8,11-14,17,22-31,34,47H2,1-6H3,(H-,48,52,53,54,55)/p+1. The molecule has 0 aromatic heterocycles. The van der Waals surface area contributed by atoms with Gasteiger partial charge in [0.15, 0.2) is 18.0 Å². The maximum absolute atomic E-state index is 12.5. The van der Waals surface area contributed by atoms with Crippen molar-refractivity contribution >= 4 is 38.9 Å². The third-order valence-electron chi connectivity index (χ3n) is 11.3. The Hall–Kier alpha value is -4.06. The number of allylic oxidation sites excluding steroid dienone is 6. The molecule has 0 radical (unpaired) electrons. The van der Waals surface area contributed by atoms with Crippen LogP contribution in [-0.2, 0) is 54.3 Å². The Morgan fingerprint density at radius 1 is 0.869 bits per heavy atom. The quantitative estimate of drug-likeness (QED) is 0.0298. The Labute approximate surface area is 362 Å². The van der Waals surface area contributed by atoms with Crippen LogP contribution in [0.4, 0.5) is 11.4 Å². The van der Waals surface area contributed by atoms with Gasteiger partial charge in [0.1, 0.15) is 13.2 Å². The number of amides is 1. The molecule has 2 heterocycles. The number of ether oxygens (including phenoxy) is 4. The molecule has 2 aromatic carbocycles. The number of nitrogens with zero attached hydrogens (tertiary/aromatic N) is 2. The van der Waals surface area contributed by atoms with Crippen molar-refractivity contribution in [3.8, 4) is 0 Å². The lowest BCUT2D eigenvalue weighted by molar-refractivity contribution is -0.442. The molecular formula is C46H67N4O10S+. The average Bonchev–Trinajstić information content (AvgIpc) is 3.57. The first-order valence-electron chi connectivity index (χ1n) is 21.1. The van der Waals surface area contributed by atoms with E-state index in [1.54, 1.807) is 26.4 Å². The summed E-state index contributed by atoms with van der Waals surface area (Å²) in [6.07, 6.45) is 14.3. The number of rotatable bonds is 28. The minimum Gasteiger partial charge on any atom is -0.382 e. The van der Waals surface area contributed by atoms with Gasteiger partial charge in [0.25, 0.3) is 10.1 Å². The SMILES string of the molecule is COCCOCC[N+]1=C(/C=C/C=C/C=C2/N(CCCCCC(=O)NCCCC(=O)CON)c3ccc(S(=O)(=O)O)cc3C2(C)CCOCCOC)C(C)(C)c2cc(C)ccc21. The normalized spacial score (nSPS) is 17.9. The molecule has 0 aliphatic carbocycles. The molecule has 0 spiro atoms. The number of unbranched alkanes of at least 4 members (excludes halogenated alkanes) is 2. The third kappa shape index (κ3) is 13.7. The maximum atomic E-state index is 12.5. The molecule has 2 aliphatic rings. The number of methoxy groups -OCH3 is 2. The predicted octanol–water partition coefficient (Wildman–Crippen LogP) is 6.02. The summed E-state index contributed by atoms with van der Waals surface area (Å²) in [5.74, 6) is 4.77. The van der Waals surface area contributed by atoms with Crippen LogP contribution in [0.15, 0.2) is 77.4 Å². The van der Waals surface area contributed by atoms with Crippen LogP contribution in [0.25, 0.3) is 0 Å². The number of aryl methyl sites for hydroxylation is 1. The van der Waals surface area contributed by atoms with E-state index >= 15 is 0 Å². The number of benzene rings is 2. The van der Waals surface area contributed by atoms with E-state index < -0.39 is 15.5 Å². The molecule has 4 N–H and O–H groups in total. The molecule has 0 bridgehead atoms. The van der Waals surface area contributed by atoms with Crippen LogP contribution in [0.2, 0.25) is 0 Å². The van der Waals surface area contributed by atoms with E-state index in [0.717, 1.165) is 35.5 Å². The van der Waals surface area contributed by atoms with E-state index in [4.69, 9.17) is 24.8 Å². The minimum atomic E-state index is -4.46. The number of ketones is 1. The first kappa shape index (κ1) is 49.6. The zero-order valence-electron chi connectivity index (χ0n) is 36.9. The maximum Gasteiger partial charge on any atom is 0.294 e. The van der Waals surface area contributed by atoms with Crippen LogP contribution < -0.4 is 16.1 Å². The van der Waals surface area contributed by atoms with E-state index in [1.165, 1.54) is 22.9 Å². The zero-order chi connectivity index (χ0) is 44.5. The molecule has 336 valence electrons. The second kappa shape index (κ2) is 24.0. The fraction of sp³-hybridized carbons (Fsp3) is 0.543. The monoisotopic (exact) mass is 867 g/mol. The van der Waals surface area contributed by atoms with Crippen LogP contribution in [0.5, 0.6) is 0 Å². The van der Waals surface area contributed by atoms with Gasteiger partial charge in [-0.25, -0.2) is 5.90 Å². The van der Waals surface area contributed by atoms with Gasteiger partial charge in [0.05, 0.1) is 36.7 Å². The average molecular weight is 868 g/mol. The Balaban J connectivity index is 1.59. The molecule has 61 heavy (non-hydrogen) atoms. The summed E-state index contributed by atoms with van der Waals surface area (Å²) in [7, 11) is -1.18. The Morgan fingerprint density at radius 2 is 1.61 bits per heavy atom. The molecule has 0 saturated carbocycles. The zero-order valence-corrected chi connectivity index (χ0v) is 37.7. The van der Waals surface area contributed by atoms with Crippen molar-refractivity contribution in [2.24, 2.45) is 5.90 Å². The molecule has 2 aliphatic heterocycles. The van der Waals surface area contributed by atoms with Crippen molar-refractivity contribution in [3.63, 3.8) is 0 Å². The smallest absolute Gasteiger partial charge is 0.294 e. The fourth-order valence-electron chi connectivity index (χ4n) is 8.00. The minimum absolute atomic E-state index is 0.0664. The van der Waals surface area contributed by atoms with Gasteiger partial charge in [0.2, 0.25) is 11.6 Å². The lowest BCUT2D eigenvalue weighted by Gasteiger charge is -2.30. The number of fused-ring (bicyclic) bond motifs is 2. The summed E-state index contributed by atoms with van der Waals surface area (Å²) in [4.78, 5) is 30.5. The summed E-state index contributed by atoms with van der Waals surface area (Å²) in [6.45, 7) is 13.2. The van der Waals surface area contributed by atoms with E-state index in [-0.39, 0.29) is 35.0 Å². The van der Waals surface area contributed by atoms with Crippen molar-refractivity contribution in [2.75, 3.05) is 85.0 Å². The summed E-state index contributed by atoms with van der Waals surface area (Å²) >= 11 is 0. The number of Topliss-reactive ketones (excluding diaryl/α,β-unsaturated/α-hetero) is 1. The molecule has 1 amide bonds.